The van der Waals surface area contributed by atoms with Gasteiger partial charge in [0, 0.05) is 6.54 Å². The Bertz CT molecular complexity index is 534. The van der Waals surface area contributed by atoms with E-state index in [4.69, 9.17) is 4.74 Å². The molecule has 108 valence electrons. The summed E-state index contributed by atoms with van der Waals surface area (Å²) in [5.74, 6) is -3.27. The minimum atomic E-state index is -1.27. The smallest absolute Gasteiger partial charge is 0.307 e. The van der Waals surface area contributed by atoms with E-state index in [1.54, 1.807) is 0 Å². The van der Waals surface area contributed by atoms with E-state index in [1.807, 2.05) is 0 Å². The van der Waals surface area contributed by atoms with Crippen molar-refractivity contribution < 1.29 is 23.2 Å². The zero-order valence-electron chi connectivity index (χ0n) is 10.4. The fraction of sp³-hybridized carbons (Fsp3) is 0.250. The fourth-order valence-electron chi connectivity index (χ4n) is 1.39. The summed E-state index contributed by atoms with van der Waals surface area (Å²) in [6.45, 7) is 3.83. The van der Waals surface area contributed by atoms with Gasteiger partial charge in [0.2, 0.25) is 5.82 Å². The molecule has 0 unspecified atom stereocenters. The number of carbonyl (C=O) groups excluding carboxylic acids is 1. The standard InChI is InChI=1S/C12H12F2N2O4/c1-2-20-5-3-4-15-12(17)8-6-10(14)11(16(18)19)7-9(8)13/h2,6-7H,1,3-5H2,(H,15,17). The van der Waals surface area contributed by atoms with Crippen molar-refractivity contribution in [2.24, 2.45) is 0 Å². The van der Waals surface area contributed by atoms with Crippen LogP contribution >= 0.6 is 0 Å². The number of nitrogens with zero attached hydrogens (tertiary/aromatic N) is 1. The number of ether oxygens (including phenoxy) is 1. The van der Waals surface area contributed by atoms with Gasteiger partial charge in [-0.25, -0.2) is 4.39 Å². The van der Waals surface area contributed by atoms with Gasteiger partial charge in [-0.2, -0.15) is 4.39 Å². The Hall–Kier alpha value is -2.51. The van der Waals surface area contributed by atoms with Crippen LogP contribution < -0.4 is 5.32 Å². The molecule has 1 aromatic rings. The van der Waals surface area contributed by atoms with Gasteiger partial charge in [-0.1, -0.05) is 6.58 Å². The van der Waals surface area contributed by atoms with Gasteiger partial charge < -0.3 is 10.1 Å². The molecule has 0 atom stereocenters. The number of hydrogen-bond donors (Lipinski definition) is 1. The third kappa shape index (κ3) is 4.01. The molecule has 0 radical (unpaired) electrons. The van der Waals surface area contributed by atoms with E-state index < -0.39 is 33.7 Å². The number of nitro benzene ring substituents is 1. The Morgan fingerprint density at radius 2 is 2.15 bits per heavy atom. The third-order valence-corrected chi connectivity index (χ3v) is 2.32. The lowest BCUT2D eigenvalue weighted by Gasteiger charge is -2.06. The minimum absolute atomic E-state index is 0.185. The van der Waals surface area contributed by atoms with Crippen LogP contribution in [0.4, 0.5) is 14.5 Å². The Morgan fingerprint density at radius 3 is 2.75 bits per heavy atom. The Labute approximate surface area is 113 Å². The van der Waals surface area contributed by atoms with Crippen molar-refractivity contribution in [1.29, 1.82) is 0 Å². The van der Waals surface area contributed by atoms with Crippen LogP contribution in [0.5, 0.6) is 0 Å². The molecular weight excluding hydrogens is 274 g/mol. The van der Waals surface area contributed by atoms with Gasteiger partial charge in [0.1, 0.15) is 5.82 Å². The molecule has 0 aliphatic heterocycles. The number of hydrogen-bond acceptors (Lipinski definition) is 4. The zero-order valence-corrected chi connectivity index (χ0v) is 10.4. The molecule has 0 heterocycles. The Morgan fingerprint density at radius 1 is 1.45 bits per heavy atom. The van der Waals surface area contributed by atoms with Crippen LogP contribution in [-0.4, -0.2) is 24.0 Å². The van der Waals surface area contributed by atoms with E-state index in [0.717, 1.165) is 0 Å². The van der Waals surface area contributed by atoms with Crippen LogP contribution in [0.25, 0.3) is 0 Å². The summed E-state index contributed by atoms with van der Waals surface area (Å²) < 4.78 is 31.6. The summed E-state index contributed by atoms with van der Waals surface area (Å²) in [5.41, 5.74) is -1.60. The number of benzene rings is 1. The van der Waals surface area contributed by atoms with Crippen LogP contribution in [0.1, 0.15) is 16.8 Å². The first-order valence-corrected chi connectivity index (χ1v) is 5.61. The van der Waals surface area contributed by atoms with E-state index in [9.17, 15) is 23.7 Å². The van der Waals surface area contributed by atoms with Crippen molar-refractivity contribution in [3.63, 3.8) is 0 Å². The average Bonchev–Trinajstić information content (AvgIpc) is 2.40. The predicted molar refractivity (Wildman–Crippen MR) is 66.1 cm³/mol. The van der Waals surface area contributed by atoms with Crippen molar-refractivity contribution in [2.45, 2.75) is 6.42 Å². The number of rotatable bonds is 7. The first kappa shape index (κ1) is 15.5. The molecule has 0 fully saturated rings. The molecule has 20 heavy (non-hydrogen) atoms. The van der Waals surface area contributed by atoms with Gasteiger partial charge >= 0.3 is 5.69 Å². The highest BCUT2D eigenvalue weighted by atomic mass is 19.1. The largest absolute Gasteiger partial charge is 0.502 e. The van der Waals surface area contributed by atoms with Gasteiger partial charge in [-0.05, 0) is 12.5 Å². The maximum atomic E-state index is 13.5. The fourth-order valence-corrected chi connectivity index (χ4v) is 1.39. The van der Waals surface area contributed by atoms with E-state index in [0.29, 0.717) is 25.2 Å². The van der Waals surface area contributed by atoms with E-state index >= 15 is 0 Å². The van der Waals surface area contributed by atoms with Crippen molar-refractivity contribution in [3.8, 4) is 0 Å². The second kappa shape index (κ2) is 7.17. The van der Waals surface area contributed by atoms with E-state index in [-0.39, 0.29) is 6.54 Å². The van der Waals surface area contributed by atoms with Crippen LogP contribution in [0.2, 0.25) is 0 Å². The minimum Gasteiger partial charge on any atom is -0.502 e. The molecule has 0 saturated carbocycles. The summed E-state index contributed by atoms with van der Waals surface area (Å²) in [7, 11) is 0. The molecule has 0 bridgehead atoms. The van der Waals surface area contributed by atoms with Gasteiger partial charge in [0.25, 0.3) is 5.91 Å². The molecule has 0 aliphatic rings. The number of nitrogens with one attached hydrogen (secondary N) is 1. The Kier molecular flexibility index (Phi) is 5.57. The van der Waals surface area contributed by atoms with Crippen LogP contribution in [-0.2, 0) is 4.74 Å². The molecule has 0 aliphatic carbocycles. The van der Waals surface area contributed by atoms with Gasteiger partial charge in [-0.15, -0.1) is 0 Å². The predicted octanol–water partition coefficient (Wildman–Crippen LogP) is 2.15. The molecule has 6 nitrogen and oxygen atoms in total. The van der Waals surface area contributed by atoms with Crippen LogP contribution in [0, 0.1) is 21.7 Å². The molecule has 1 amide bonds. The summed E-state index contributed by atoms with van der Waals surface area (Å²) in [6.07, 6.45) is 1.70. The van der Waals surface area contributed by atoms with Gasteiger partial charge in [-0.3, -0.25) is 14.9 Å². The SMILES string of the molecule is C=COCCCNC(=O)c1cc(F)c([N+](=O)[O-])cc1F. The maximum absolute atomic E-state index is 13.5. The lowest BCUT2D eigenvalue weighted by molar-refractivity contribution is -0.387. The number of nitro groups is 1. The highest BCUT2D eigenvalue weighted by Crippen LogP contribution is 2.21. The molecule has 1 N–H and O–H groups in total. The first-order chi connectivity index (χ1) is 9.47. The summed E-state index contributed by atoms with van der Waals surface area (Å²) >= 11 is 0. The number of carbonyl (C=O) groups is 1. The zero-order chi connectivity index (χ0) is 15.1. The van der Waals surface area contributed by atoms with Gasteiger partial charge in [0.05, 0.1) is 29.4 Å². The van der Waals surface area contributed by atoms with Gasteiger partial charge in [0.15, 0.2) is 0 Å². The summed E-state index contributed by atoms with van der Waals surface area (Å²) in [4.78, 5) is 20.9. The second-order valence-electron chi connectivity index (χ2n) is 3.69. The van der Waals surface area contributed by atoms with Crippen molar-refractivity contribution in [3.05, 3.63) is 52.3 Å². The van der Waals surface area contributed by atoms with Crippen LogP contribution in [0.3, 0.4) is 0 Å². The van der Waals surface area contributed by atoms with Crippen molar-refractivity contribution in [2.75, 3.05) is 13.2 Å². The highest BCUT2D eigenvalue weighted by molar-refractivity contribution is 5.94. The molecule has 1 aromatic carbocycles. The summed E-state index contributed by atoms with van der Waals surface area (Å²) in [6, 6.07) is 0.883. The topological polar surface area (TPSA) is 81.5 Å². The molecule has 0 saturated heterocycles. The lowest BCUT2D eigenvalue weighted by atomic mass is 10.1. The quantitative estimate of drug-likeness (QED) is 0.360. The lowest BCUT2D eigenvalue weighted by Crippen LogP contribution is -2.26. The molecule has 0 spiro atoms. The molecule has 8 heteroatoms. The first-order valence-electron chi connectivity index (χ1n) is 5.61. The highest BCUT2D eigenvalue weighted by Gasteiger charge is 2.21. The second-order valence-corrected chi connectivity index (χ2v) is 3.69. The monoisotopic (exact) mass is 286 g/mol. The third-order valence-electron chi connectivity index (χ3n) is 2.32. The van der Waals surface area contributed by atoms with Crippen molar-refractivity contribution in [1.82, 2.24) is 5.32 Å². The van der Waals surface area contributed by atoms with Crippen LogP contribution in [0.15, 0.2) is 25.0 Å². The summed E-state index contributed by atoms with van der Waals surface area (Å²) in [5, 5.41) is 12.7. The molecule has 1 rings (SSSR count). The van der Waals surface area contributed by atoms with Crippen molar-refractivity contribution >= 4 is 11.6 Å². The maximum Gasteiger partial charge on any atom is 0.307 e. The molecule has 0 aromatic heterocycles. The number of amides is 1. The van der Waals surface area contributed by atoms with E-state index in [2.05, 4.69) is 11.9 Å². The molecular formula is C12H12F2N2O4. The van der Waals surface area contributed by atoms with E-state index in [1.165, 1.54) is 6.26 Å². The Balaban J connectivity index is 2.71. The average molecular weight is 286 g/mol. The number of halogens is 2. The normalized spacial score (nSPS) is 9.90.